The first kappa shape index (κ1) is 17.9. The summed E-state index contributed by atoms with van der Waals surface area (Å²) in [6.07, 6.45) is 5.71. The van der Waals surface area contributed by atoms with Crippen LogP contribution in [0.1, 0.15) is 21.6 Å². The van der Waals surface area contributed by atoms with E-state index in [9.17, 15) is 4.79 Å². The van der Waals surface area contributed by atoms with Gasteiger partial charge in [0.1, 0.15) is 0 Å². The van der Waals surface area contributed by atoms with Gasteiger partial charge >= 0.3 is 0 Å². The molecular weight excluding hydrogens is 348 g/mol. The van der Waals surface area contributed by atoms with Crippen LogP contribution in [0.4, 0.5) is 5.69 Å². The second-order valence-corrected chi connectivity index (χ2v) is 6.21. The number of pyridine rings is 2. The van der Waals surface area contributed by atoms with Gasteiger partial charge in [0.2, 0.25) is 0 Å². The van der Waals surface area contributed by atoms with Crippen LogP contribution >= 0.6 is 11.6 Å². The Morgan fingerprint density at radius 3 is 2.81 bits per heavy atom. The number of nitrogens with zero attached hydrogens (tertiary/aromatic N) is 2. The van der Waals surface area contributed by atoms with Gasteiger partial charge in [-0.05, 0) is 42.3 Å². The highest BCUT2D eigenvalue weighted by Crippen LogP contribution is 2.12. The zero-order valence-corrected chi connectivity index (χ0v) is 14.9. The molecule has 2 N–H and O–H groups in total. The first-order valence-electron chi connectivity index (χ1n) is 8.32. The van der Waals surface area contributed by atoms with Crippen LogP contribution in [-0.2, 0) is 13.0 Å². The molecule has 132 valence electrons. The van der Waals surface area contributed by atoms with Crippen LogP contribution in [0.25, 0.3) is 0 Å². The summed E-state index contributed by atoms with van der Waals surface area (Å²) >= 11 is 5.97. The number of halogens is 1. The van der Waals surface area contributed by atoms with Crippen molar-refractivity contribution in [1.82, 2.24) is 15.3 Å². The van der Waals surface area contributed by atoms with Gasteiger partial charge in [0.25, 0.3) is 5.91 Å². The lowest BCUT2D eigenvalue weighted by atomic mass is 10.1. The number of nitrogens with one attached hydrogen (secondary N) is 2. The number of anilines is 1. The molecule has 1 amide bonds. The van der Waals surface area contributed by atoms with Gasteiger partial charge in [-0.2, -0.15) is 0 Å². The van der Waals surface area contributed by atoms with Gasteiger partial charge in [-0.15, -0.1) is 0 Å². The molecule has 0 bridgehead atoms. The van der Waals surface area contributed by atoms with E-state index in [1.165, 1.54) is 0 Å². The molecular formula is C20H19ClN4O. The molecule has 0 unspecified atom stereocenters. The number of rotatable bonds is 7. The molecule has 0 aliphatic rings. The molecule has 0 atom stereocenters. The third kappa shape index (κ3) is 5.29. The van der Waals surface area contributed by atoms with Crippen molar-refractivity contribution >= 4 is 23.2 Å². The largest absolute Gasteiger partial charge is 0.378 e. The molecule has 0 aliphatic carbocycles. The Bertz CT molecular complexity index is 870. The summed E-state index contributed by atoms with van der Waals surface area (Å²) in [5.74, 6) is -0.152. The summed E-state index contributed by atoms with van der Waals surface area (Å²) in [5.41, 5.74) is 3.30. The Morgan fingerprint density at radius 2 is 2.00 bits per heavy atom. The van der Waals surface area contributed by atoms with Crippen molar-refractivity contribution in [2.75, 3.05) is 11.9 Å². The van der Waals surface area contributed by atoms with Gasteiger partial charge in [-0.25, -0.2) is 0 Å². The van der Waals surface area contributed by atoms with Crippen molar-refractivity contribution in [3.63, 3.8) is 0 Å². The van der Waals surface area contributed by atoms with E-state index < -0.39 is 0 Å². The average Bonchev–Trinajstić information content (AvgIpc) is 2.67. The zero-order valence-electron chi connectivity index (χ0n) is 14.2. The lowest BCUT2D eigenvalue weighted by Crippen LogP contribution is -2.25. The van der Waals surface area contributed by atoms with E-state index in [4.69, 9.17) is 11.6 Å². The fraction of sp³-hybridized carbons (Fsp3) is 0.150. The predicted molar refractivity (Wildman–Crippen MR) is 103 cm³/mol. The van der Waals surface area contributed by atoms with Crippen LogP contribution < -0.4 is 10.6 Å². The van der Waals surface area contributed by atoms with Crippen molar-refractivity contribution in [2.45, 2.75) is 13.0 Å². The molecule has 2 aromatic heterocycles. The number of hydrogen-bond acceptors (Lipinski definition) is 4. The van der Waals surface area contributed by atoms with E-state index in [-0.39, 0.29) is 5.91 Å². The van der Waals surface area contributed by atoms with Gasteiger partial charge < -0.3 is 10.6 Å². The third-order valence-corrected chi connectivity index (χ3v) is 4.02. The van der Waals surface area contributed by atoms with Crippen LogP contribution in [0.3, 0.4) is 0 Å². The minimum absolute atomic E-state index is 0.152. The zero-order chi connectivity index (χ0) is 18.2. The van der Waals surface area contributed by atoms with Crippen molar-refractivity contribution in [3.8, 4) is 0 Å². The Balaban J connectivity index is 1.52. The minimum Gasteiger partial charge on any atom is -0.378 e. The van der Waals surface area contributed by atoms with E-state index in [1.807, 2.05) is 42.5 Å². The standard InChI is InChI=1S/C20H19ClN4O/c21-17-5-3-4-15(10-17)7-9-24-20(26)16-11-19(13-22-12-16)25-14-18-6-1-2-8-23-18/h1-6,8,10-13,25H,7,9,14H2,(H,24,26). The fourth-order valence-electron chi connectivity index (χ4n) is 2.47. The number of carbonyl (C=O) groups is 1. The van der Waals surface area contributed by atoms with E-state index in [0.29, 0.717) is 23.7 Å². The van der Waals surface area contributed by atoms with E-state index >= 15 is 0 Å². The van der Waals surface area contributed by atoms with Gasteiger partial charge in [0.05, 0.1) is 23.5 Å². The Hall–Kier alpha value is -2.92. The van der Waals surface area contributed by atoms with Crippen LogP contribution in [0.2, 0.25) is 5.02 Å². The van der Waals surface area contributed by atoms with E-state index in [1.54, 1.807) is 24.7 Å². The first-order chi connectivity index (χ1) is 12.7. The summed E-state index contributed by atoms with van der Waals surface area (Å²) in [6, 6.07) is 15.2. The Morgan fingerprint density at radius 1 is 1.08 bits per heavy atom. The molecule has 26 heavy (non-hydrogen) atoms. The maximum absolute atomic E-state index is 12.3. The molecule has 0 saturated heterocycles. The molecule has 6 heteroatoms. The quantitative estimate of drug-likeness (QED) is 0.668. The molecule has 2 heterocycles. The van der Waals surface area contributed by atoms with Gasteiger partial charge in [-0.3, -0.25) is 14.8 Å². The summed E-state index contributed by atoms with van der Waals surface area (Å²) < 4.78 is 0. The van der Waals surface area contributed by atoms with Crippen LogP contribution in [0.15, 0.2) is 67.1 Å². The molecule has 0 radical (unpaired) electrons. The van der Waals surface area contributed by atoms with Crippen molar-refractivity contribution < 1.29 is 4.79 Å². The highest BCUT2D eigenvalue weighted by Gasteiger charge is 2.07. The van der Waals surface area contributed by atoms with Crippen LogP contribution in [0.5, 0.6) is 0 Å². The monoisotopic (exact) mass is 366 g/mol. The van der Waals surface area contributed by atoms with Gasteiger partial charge in [-0.1, -0.05) is 29.8 Å². The smallest absolute Gasteiger partial charge is 0.252 e. The molecule has 1 aromatic carbocycles. The third-order valence-electron chi connectivity index (χ3n) is 3.79. The topological polar surface area (TPSA) is 66.9 Å². The molecule has 0 aliphatic heterocycles. The van der Waals surface area contributed by atoms with Gasteiger partial charge in [0.15, 0.2) is 0 Å². The van der Waals surface area contributed by atoms with E-state index in [2.05, 4.69) is 20.6 Å². The Labute approximate surface area is 157 Å². The summed E-state index contributed by atoms with van der Waals surface area (Å²) in [5, 5.41) is 6.83. The maximum Gasteiger partial charge on any atom is 0.252 e. The molecule has 0 saturated carbocycles. The van der Waals surface area contributed by atoms with Crippen molar-refractivity contribution in [3.05, 3.63) is 89.0 Å². The number of aromatic nitrogens is 2. The number of hydrogen-bond donors (Lipinski definition) is 2. The van der Waals surface area contributed by atoms with Crippen molar-refractivity contribution in [1.29, 1.82) is 0 Å². The number of benzene rings is 1. The molecule has 0 spiro atoms. The average molecular weight is 367 g/mol. The highest BCUT2D eigenvalue weighted by atomic mass is 35.5. The molecule has 5 nitrogen and oxygen atoms in total. The van der Waals surface area contributed by atoms with E-state index in [0.717, 1.165) is 23.4 Å². The van der Waals surface area contributed by atoms with Crippen molar-refractivity contribution in [2.24, 2.45) is 0 Å². The molecule has 0 fully saturated rings. The molecule has 3 aromatic rings. The first-order valence-corrected chi connectivity index (χ1v) is 8.70. The lowest BCUT2D eigenvalue weighted by molar-refractivity contribution is 0.0954. The maximum atomic E-state index is 12.3. The lowest BCUT2D eigenvalue weighted by Gasteiger charge is -2.08. The van der Waals surface area contributed by atoms with Gasteiger partial charge in [0, 0.05) is 30.2 Å². The fourth-order valence-corrected chi connectivity index (χ4v) is 2.68. The Kier molecular flexibility index (Phi) is 6.17. The predicted octanol–water partition coefficient (Wildman–Crippen LogP) is 3.71. The second kappa shape index (κ2) is 8.97. The van der Waals surface area contributed by atoms with Crippen LogP contribution in [0, 0.1) is 0 Å². The molecule has 3 rings (SSSR count). The number of carbonyl (C=O) groups excluding carboxylic acids is 1. The SMILES string of the molecule is O=C(NCCc1cccc(Cl)c1)c1cncc(NCc2ccccn2)c1. The summed E-state index contributed by atoms with van der Waals surface area (Å²) in [6.45, 7) is 1.10. The second-order valence-electron chi connectivity index (χ2n) is 5.77. The minimum atomic E-state index is -0.152. The summed E-state index contributed by atoms with van der Waals surface area (Å²) in [4.78, 5) is 20.7. The summed E-state index contributed by atoms with van der Waals surface area (Å²) in [7, 11) is 0. The van der Waals surface area contributed by atoms with Crippen LogP contribution in [-0.4, -0.2) is 22.4 Å². The normalized spacial score (nSPS) is 10.3. The highest BCUT2D eigenvalue weighted by molar-refractivity contribution is 6.30. The number of amides is 1.